The molecule has 0 aromatic heterocycles. The summed E-state index contributed by atoms with van der Waals surface area (Å²) in [6, 6.07) is 14.1. The second-order valence-corrected chi connectivity index (χ2v) is 6.10. The van der Waals surface area contributed by atoms with Crippen molar-refractivity contribution in [1.82, 2.24) is 0 Å². The van der Waals surface area contributed by atoms with E-state index >= 15 is 0 Å². The number of nitrogens with zero attached hydrogens (tertiary/aromatic N) is 2. The molecule has 7 nitrogen and oxygen atoms in total. The molecule has 0 saturated carbocycles. The number of carbonyl (C=O) groups excluding carboxylic acids is 1. The van der Waals surface area contributed by atoms with Gasteiger partial charge in [-0.3, -0.25) is 4.79 Å². The molecule has 1 unspecified atom stereocenters. The van der Waals surface area contributed by atoms with Crippen LogP contribution in [0.25, 0.3) is 0 Å². The number of hydrogen-bond acceptors (Lipinski definition) is 5. The van der Waals surface area contributed by atoms with Gasteiger partial charge in [0, 0.05) is 24.7 Å². The van der Waals surface area contributed by atoms with E-state index in [1.807, 2.05) is 6.07 Å². The van der Waals surface area contributed by atoms with Gasteiger partial charge in [0.15, 0.2) is 5.84 Å². The number of carbonyl (C=O) groups is 1. The van der Waals surface area contributed by atoms with Crippen LogP contribution in [0.2, 0.25) is 0 Å². The molecule has 10 heteroatoms. The van der Waals surface area contributed by atoms with Crippen molar-refractivity contribution in [1.29, 1.82) is 0 Å². The van der Waals surface area contributed by atoms with Crippen LogP contribution in [0.3, 0.4) is 0 Å². The molecule has 0 aliphatic carbocycles. The van der Waals surface area contributed by atoms with Gasteiger partial charge in [-0.25, -0.2) is 0 Å². The van der Waals surface area contributed by atoms with Crippen molar-refractivity contribution in [3.05, 3.63) is 54.6 Å². The zero-order valence-electron chi connectivity index (χ0n) is 15.1. The van der Waals surface area contributed by atoms with Gasteiger partial charge in [-0.1, -0.05) is 29.4 Å². The van der Waals surface area contributed by atoms with Crippen LogP contribution < -0.4 is 20.1 Å². The lowest BCUT2D eigenvalue weighted by molar-refractivity contribution is -0.274. The number of ether oxygens (including phenoxy) is 2. The third-order valence-electron chi connectivity index (χ3n) is 3.95. The summed E-state index contributed by atoms with van der Waals surface area (Å²) in [6.45, 7) is 0.236. The van der Waals surface area contributed by atoms with Gasteiger partial charge in [-0.05, 0) is 24.3 Å². The summed E-state index contributed by atoms with van der Waals surface area (Å²) >= 11 is 0. The van der Waals surface area contributed by atoms with Crippen LogP contribution >= 0.6 is 0 Å². The molecule has 1 atom stereocenters. The molecule has 1 amide bonds. The summed E-state index contributed by atoms with van der Waals surface area (Å²) < 4.78 is 46.4. The monoisotopic (exact) mass is 409 g/mol. The van der Waals surface area contributed by atoms with E-state index < -0.39 is 24.1 Å². The fraction of sp³-hybridized carbons (Fsp3) is 0.263. The number of anilines is 1. The van der Waals surface area contributed by atoms with E-state index in [0.717, 1.165) is 12.1 Å². The molecule has 154 valence electrons. The SMILES string of the molecule is N/C(COc1ccccc1)=N\OC1CCN(c2cccc(OC(F)(F)F)c2)C1=O. The molecule has 2 aromatic carbocycles. The van der Waals surface area contributed by atoms with Crippen LogP contribution in [-0.2, 0) is 9.63 Å². The molecule has 1 saturated heterocycles. The lowest BCUT2D eigenvalue weighted by atomic mass is 10.3. The topological polar surface area (TPSA) is 86.4 Å². The summed E-state index contributed by atoms with van der Waals surface area (Å²) in [5.41, 5.74) is 5.99. The predicted octanol–water partition coefficient (Wildman–Crippen LogP) is 3.06. The number of halogens is 3. The van der Waals surface area contributed by atoms with Gasteiger partial charge in [0.05, 0.1) is 0 Å². The van der Waals surface area contributed by atoms with Gasteiger partial charge in [-0.2, -0.15) is 0 Å². The highest BCUT2D eigenvalue weighted by Crippen LogP contribution is 2.29. The molecule has 1 heterocycles. The Kier molecular flexibility index (Phi) is 6.10. The minimum Gasteiger partial charge on any atom is -0.486 e. The van der Waals surface area contributed by atoms with Crippen molar-refractivity contribution in [3.8, 4) is 11.5 Å². The summed E-state index contributed by atoms with van der Waals surface area (Å²) in [6.07, 6.45) is -5.40. The zero-order valence-corrected chi connectivity index (χ0v) is 15.1. The maximum absolute atomic E-state index is 12.5. The number of para-hydroxylation sites is 1. The van der Waals surface area contributed by atoms with Crippen LogP contribution in [0.4, 0.5) is 18.9 Å². The molecular formula is C19H18F3N3O4. The van der Waals surface area contributed by atoms with Crippen molar-refractivity contribution in [2.45, 2.75) is 18.9 Å². The molecule has 0 radical (unpaired) electrons. The minimum absolute atomic E-state index is 0.0224. The molecule has 3 rings (SSSR count). The highest BCUT2D eigenvalue weighted by atomic mass is 19.4. The van der Waals surface area contributed by atoms with E-state index in [1.165, 1.54) is 17.0 Å². The number of alkyl halides is 3. The summed E-state index contributed by atoms with van der Waals surface area (Å²) in [5.74, 6) is -0.197. The first kappa shape index (κ1) is 20.3. The normalized spacial score (nSPS) is 17.3. The Labute approximate surface area is 164 Å². The first-order chi connectivity index (χ1) is 13.8. The van der Waals surface area contributed by atoms with Crippen molar-refractivity contribution < 1.29 is 32.3 Å². The van der Waals surface area contributed by atoms with E-state index in [0.29, 0.717) is 12.2 Å². The third-order valence-corrected chi connectivity index (χ3v) is 3.95. The van der Waals surface area contributed by atoms with E-state index in [1.54, 1.807) is 24.3 Å². The lowest BCUT2D eigenvalue weighted by Crippen LogP contribution is -2.31. The molecule has 2 N–H and O–H groups in total. The fourth-order valence-corrected chi connectivity index (χ4v) is 2.69. The second kappa shape index (κ2) is 8.72. The highest BCUT2D eigenvalue weighted by molar-refractivity contribution is 5.99. The maximum atomic E-state index is 12.5. The molecular weight excluding hydrogens is 391 g/mol. The van der Waals surface area contributed by atoms with Crippen LogP contribution in [0.15, 0.2) is 59.8 Å². The van der Waals surface area contributed by atoms with Gasteiger partial charge in [0.1, 0.15) is 18.1 Å². The standard InChI is InChI=1S/C19H18F3N3O4/c20-19(21,22)28-15-8-4-5-13(11-15)25-10-9-16(18(25)26)29-24-17(23)12-27-14-6-2-1-3-7-14/h1-8,11,16H,9-10,12H2,(H2,23,24). The Bertz CT molecular complexity index is 875. The zero-order chi connectivity index (χ0) is 20.9. The number of amides is 1. The van der Waals surface area contributed by atoms with Crippen molar-refractivity contribution in [2.75, 3.05) is 18.1 Å². The Hall–Kier alpha value is -3.43. The molecule has 1 fully saturated rings. The molecule has 29 heavy (non-hydrogen) atoms. The fourth-order valence-electron chi connectivity index (χ4n) is 2.69. The van der Waals surface area contributed by atoms with E-state index in [4.69, 9.17) is 15.3 Å². The smallest absolute Gasteiger partial charge is 0.486 e. The maximum Gasteiger partial charge on any atom is 0.573 e. The first-order valence-corrected chi connectivity index (χ1v) is 8.65. The minimum atomic E-state index is -4.81. The van der Waals surface area contributed by atoms with Crippen molar-refractivity contribution in [2.24, 2.45) is 10.9 Å². The molecule has 0 spiro atoms. The highest BCUT2D eigenvalue weighted by Gasteiger charge is 2.36. The Morgan fingerprint density at radius 2 is 1.86 bits per heavy atom. The number of rotatable bonds is 7. The Morgan fingerprint density at radius 1 is 1.14 bits per heavy atom. The number of amidine groups is 1. The van der Waals surface area contributed by atoms with Crippen LogP contribution in [0.5, 0.6) is 11.5 Å². The predicted molar refractivity (Wildman–Crippen MR) is 98.5 cm³/mol. The van der Waals surface area contributed by atoms with E-state index in [2.05, 4.69) is 9.89 Å². The quantitative estimate of drug-likeness (QED) is 0.432. The molecule has 1 aliphatic rings. The molecule has 1 aliphatic heterocycles. The van der Waals surface area contributed by atoms with E-state index in [9.17, 15) is 18.0 Å². The first-order valence-electron chi connectivity index (χ1n) is 8.65. The number of oxime groups is 1. The van der Waals surface area contributed by atoms with Gasteiger partial charge < -0.3 is 24.9 Å². The number of benzene rings is 2. The van der Waals surface area contributed by atoms with Crippen LogP contribution in [0, 0.1) is 0 Å². The largest absolute Gasteiger partial charge is 0.573 e. The average molecular weight is 409 g/mol. The molecule has 2 aromatic rings. The van der Waals surface area contributed by atoms with Crippen LogP contribution in [0.1, 0.15) is 6.42 Å². The molecule has 0 bridgehead atoms. The Balaban J connectivity index is 1.56. The third kappa shape index (κ3) is 5.77. The average Bonchev–Trinajstić information content (AvgIpc) is 3.05. The van der Waals surface area contributed by atoms with Crippen LogP contribution in [-0.4, -0.2) is 37.4 Å². The van der Waals surface area contributed by atoms with Crippen molar-refractivity contribution >= 4 is 17.4 Å². The van der Waals surface area contributed by atoms with E-state index in [-0.39, 0.29) is 24.7 Å². The summed E-state index contributed by atoms with van der Waals surface area (Å²) in [7, 11) is 0. The number of hydrogen-bond donors (Lipinski definition) is 1. The number of nitrogens with two attached hydrogens (primary N) is 1. The second-order valence-electron chi connectivity index (χ2n) is 6.10. The van der Waals surface area contributed by atoms with Gasteiger partial charge in [0.2, 0.25) is 6.10 Å². The summed E-state index contributed by atoms with van der Waals surface area (Å²) in [4.78, 5) is 19.0. The summed E-state index contributed by atoms with van der Waals surface area (Å²) in [5, 5.41) is 3.71. The lowest BCUT2D eigenvalue weighted by Gasteiger charge is -2.17. The van der Waals surface area contributed by atoms with Gasteiger partial charge in [0.25, 0.3) is 5.91 Å². The van der Waals surface area contributed by atoms with Crippen molar-refractivity contribution in [3.63, 3.8) is 0 Å². The van der Waals surface area contributed by atoms with Gasteiger partial charge in [-0.15, -0.1) is 13.2 Å². The Morgan fingerprint density at radius 3 is 2.59 bits per heavy atom. The van der Waals surface area contributed by atoms with Gasteiger partial charge >= 0.3 is 6.36 Å².